The fourth-order valence-electron chi connectivity index (χ4n) is 4.99. The predicted octanol–water partition coefficient (Wildman–Crippen LogP) is 4.24. The summed E-state index contributed by atoms with van der Waals surface area (Å²) in [7, 11) is 2.20. The van der Waals surface area contributed by atoms with Gasteiger partial charge < -0.3 is 10.1 Å². The third-order valence-electron chi connectivity index (χ3n) is 6.18. The van der Waals surface area contributed by atoms with Crippen LogP contribution in [0.25, 0.3) is 0 Å². The molecule has 0 aromatic carbocycles. The van der Waals surface area contributed by atoms with E-state index in [9.17, 15) is 0 Å². The van der Waals surface area contributed by atoms with Crippen molar-refractivity contribution in [2.75, 3.05) is 25.2 Å². The molecule has 0 amide bonds. The maximum absolute atomic E-state index is 6.30. The van der Waals surface area contributed by atoms with Gasteiger partial charge >= 0.3 is 0 Å². The van der Waals surface area contributed by atoms with E-state index in [1.807, 2.05) is 0 Å². The monoisotopic (exact) mass is 311 g/mol. The van der Waals surface area contributed by atoms with Crippen LogP contribution in [0, 0.1) is 11.8 Å². The van der Waals surface area contributed by atoms with E-state index in [0.717, 1.165) is 24.5 Å². The summed E-state index contributed by atoms with van der Waals surface area (Å²) >= 11 is 2.11. The molecule has 2 saturated heterocycles. The summed E-state index contributed by atoms with van der Waals surface area (Å²) in [6.45, 7) is 1.00. The third kappa shape index (κ3) is 3.97. The molecule has 3 aliphatic rings. The van der Waals surface area contributed by atoms with Crippen LogP contribution in [0.15, 0.2) is 0 Å². The Morgan fingerprint density at radius 1 is 1.00 bits per heavy atom. The number of ether oxygens (including phenoxy) is 1. The van der Waals surface area contributed by atoms with Crippen molar-refractivity contribution in [3.05, 3.63) is 0 Å². The Labute approximate surface area is 135 Å². The first-order chi connectivity index (χ1) is 10.3. The summed E-state index contributed by atoms with van der Waals surface area (Å²) in [6, 6.07) is 0.735. The lowest BCUT2D eigenvalue weighted by Gasteiger charge is -2.46. The van der Waals surface area contributed by atoms with Crippen LogP contribution in [0.1, 0.15) is 64.2 Å². The highest BCUT2D eigenvalue weighted by Crippen LogP contribution is 2.42. The summed E-state index contributed by atoms with van der Waals surface area (Å²) in [5.41, 5.74) is 0.244. The van der Waals surface area contributed by atoms with E-state index in [1.165, 1.54) is 75.7 Å². The van der Waals surface area contributed by atoms with Crippen LogP contribution < -0.4 is 5.32 Å². The van der Waals surface area contributed by atoms with E-state index in [0.29, 0.717) is 0 Å². The van der Waals surface area contributed by atoms with Gasteiger partial charge in [0.15, 0.2) is 0 Å². The van der Waals surface area contributed by atoms with Crippen LogP contribution in [-0.4, -0.2) is 36.8 Å². The van der Waals surface area contributed by atoms with Crippen molar-refractivity contribution in [2.24, 2.45) is 11.8 Å². The highest BCUT2D eigenvalue weighted by molar-refractivity contribution is 7.99. The molecule has 1 aliphatic carbocycles. The Balaban J connectivity index is 1.64. The molecule has 2 nitrogen and oxygen atoms in total. The van der Waals surface area contributed by atoms with E-state index >= 15 is 0 Å². The first-order valence-electron chi connectivity index (χ1n) is 9.22. The number of rotatable bonds is 3. The van der Waals surface area contributed by atoms with Gasteiger partial charge in [0.25, 0.3) is 0 Å². The van der Waals surface area contributed by atoms with Crippen molar-refractivity contribution in [3.63, 3.8) is 0 Å². The Kier molecular flexibility index (Phi) is 5.92. The molecule has 3 heteroatoms. The fourth-order valence-corrected chi connectivity index (χ4v) is 6.23. The van der Waals surface area contributed by atoms with E-state index in [-0.39, 0.29) is 5.60 Å². The summed E-state index contributed by atoms with van der Waals surface area (Å²) in [5, 5.41) is 3.73. The molecule has 21 heavy (non-hydrogen) atoms. The SMILES string of the molecule is CNC(C1CCCCCC1)C1CCOC2(CCSCC2)C1. The van der Waals surface area contributed by atoms with E-state index < -0.39 is 0 Å². The maximum atomic E-state index is 6.30. The molecule has 2 unspecified atom stereocenters. The van der Waals surface area contributed by atoms with Gasteiger partial charge in [-0.3, -0.25) is 0 Å². The Bertz CT molecular complexity index is 303. The van der Waals surface area contributed by atoms with Crippen molar-refractivity contribution in [2.45, 2.75) is 75.9 Å². The zero-order valence-corrected chi connectivity index (χ0v) is 14.6. The minimum Gasteiger partial charge on any atom is -0.375 e. The van der Waals surface area contributed by atoms with Crippen molar-refractivity contribution in [3.8, 4) is 0 Å². The second kappa shape index (κ2) is 7.70. The Morgan fingerprint density at radius 2 is 1.71 bits per heavy atom. The molecule has 2 aliphatic heterocycles. The molecular formula is C18H33NOS. The predicted molar refractivity (Wildman–Crippen MR) is 92.0 cm³/mol. The molecule has 0 bridgehead atoms. The lowest BCUT2D eigenvalue weighted by atomic mass is 9.74. The van der Waals surface area contributed by atoms with E-state index in [1.54, 1.807) is 0 Å². The largest absolute Gasteiger partial charge is 0.375 e. The highest BCUT2D eigenvalue weighted by atomic mass is 32.2. The van der Waals surface area contributed by atoms with Crippen LogP contribution >= 0.6 is 11.8 Å². The van der Waals surface area contributed by atoms with Crippen molar-refractivity contribution < 1.29 is 4.74 Å². The average Bonchev–Trinajstić information content (AvgIpc) is 2.78. The van der Waals surface area contributed by atoms with Gasteiger partial charge in [0, 0.05) is 12.6 Å². The smallest absolute Gasteiger partial charge is 0.0701 e. The van der Waals surface area contributed by atoms with Gasteiger partial charge in [-0.2, -0.15) is 11.8 Å². The second-order valence-electron chi connectivity index (χ2n) is 7.46. The van der Waals surface area contributed by atoms with E-state index in [2.05, 4.69) is 24.1 Å². The molecule has 0 aromatic heterocycles. The van der Waals surface area contributed by atoms with Crippen molar-refractivity contribution >= 4 is 11.8 Å². The first kappa shape index (κ1) is 16.1. The minimum atomic E-state index is 0.244. The lowest BCUT2D eigenvalue weighted by Crippen LogP contribution is -2.50. The van der Waals surface area contributed by atoms with Crippen LogP contribution in [0.5, 0.6) is 0 Å². The van der Waals surface area contributed by atoms with Crippen molar-refractivity contribution in [1.82, 2.24) is 5.32 Å². The molecular weight excluding hydrogens is 278 g/mol. The van der Waals surface area contributed by atoms with Gasteiger partial charge in [-0.1, -0.05) is 25.7 Å². The minimum absolute atomic E-state index is 0.244. The molecule has 2 heterocycles. The molecule has 122 valence electrons. The van der Waals surface area contributed by atoms with Gasteiger partial charge in [0.2, 0.25) is 0 Å². The molecule has 1 N–H and O–H groups in total. The number of hydrogen-bond acceptors (Lipinski definition) is 3. The standard InChI is InChI=1S/C18H33NOS/c1-19-17(15-6-4-2-3-5-7-15)16-8-11-20-18(14-16)9-12-21-13-10-18/h15-17,19H,2-14H2,1H3. The fraction of sp³-hybridized carbons (Fsp3) is 1.00. The van der Waals surface area contributed by atoms with E-state index in [4.69, 9.17) is 4.74 Å². The molecule has 2 atom stereocenters. The van der Waals surface area contributed by atoms with Crippen LogP contribution in [0.2, 0.25) is 0 Å². The van der Waals surface area contributed by atoms with Crippen molar-refractivity contribution in [1.29, 1.82) is 0 Å². The van der Waals surface area contributed by atoms with Gasteiger partial charge in [-0.25, -0.2) is 0 Å². The average molecular weight is 312 g/mol. The number of hydrogen-bond donors (Lipinski definition) is 1. The van der Waals surface area contributed by atoms with Gasteiger partial charge in [-0.15, -0.1) is 0 Å². The first-order valence-corrected chi connectivity index (χ1v) is 10.4. The highest BCUT2D eigenvalue weighted by Gasteiger charge is 2.42. The zero-order chi connectivity index (χ0) is 14.5. The summed E-state index contributed by atoms with van der Waals surface area (Å²) in [5.74, 6) is 4.37. The van der Waals surface area contributed by atoms with Gasteiger partial charge in [-0.05, 0) is 68.9 Å². The quantitative estimate of drug-likeness (QED) is 0.788. The maximum Gasteiger partial charge on any atom is 0.0701 e. The molecule has 1 spiro atoms. The van der Waals surface area contributed by atoms with Crippen LogP contribution in [0.4, 0.5) is 0 Å². The lowest BCUT2D eigenvalue weighted by molar-refractivity contribution is -0.110. The topological polar surface area (TPSA) is 21.3 Å². The number of thioether (sulfide) groups is 1. The Hall–Kier alpha value is 0.270. The van der Waals surface area contributed by atoms with Gasteiger partial charge in [0.05, 0.1) is 5.60 Å². The second-order valence-corrected chi connectivity index (χ2v) is 8.69. The third-order valence-corrected chi connectivity index (χ3v) is 7.17. The summed E-state index contributed by atoms with van der Waals surface area (Å²) in [4.78, 5) is 0. The Morgan fingerprint density at radius 3 is 2.38 bits per heavy atom. The van der Waals surface area contributed by atoms with Crippen LogP contribution in [0.3, 0.4) is 0 Å². The summed E-state index contributed by atoms with van der Waals surface area (Å²) in [6.07, 6.45) is 13.9. The zero-order valence-electron chi connectivity index (χ0n) is 13.7. The summed E-state index contributed by atoms with van der Waals surface area (Å²) < 4.78 is 6.30. The van der Waals surface area contributed by atoms with Gasteiger partial charge in [0.1, 0.15) is 0 Å². The molecule has 0 aromatic rings. The molecule has 3 fully saturated rings. The van der Waals surface area contributed by atoms with Crippen LogP contribution in [-0.2, 0) is 4.74 Å². The number of nitrogens with one attached hydrogen (secondary N) is 1. The molecule has 1 saturated carbocycles. The normalized spacial score (nSPS) is 32.7. The molecule has 0 radical (unpaired) electrons. The molecule has 3 rings (SSSR count).